The predicted molar refractivity (Wildman–Crippen MR) is 81.7 cm³/mol. The predicted octanol–water partition coefficient (Wildman–Crippen LogP) is 4.32. The molecule has 0 amide bonds. The third-order valence-electron chi connectivity index (χ3n) is 2.91. The van der Waals surface area contributed by atoms with E-state index in [1.165, 1.54) is 11.1 Å². The van der Waals surface area contributed by atoms with Gasteiger partial charge in [0.05, 0.1) is 0 Å². The molecule has 0 heterocycles. The van der Waals surface area contributed by atoms with Gasteiger partial charge in [-0.1, -0.05) is 68.0 Å². The Balaban J connectivity index is 2.33. The molecule has 1 aliphatic carbocycles. The van der Waals surface area contributed by atoms with Crippen molar-refractivity contribution in [3.63, 3.8) is 0 Å². The third kappa shape index (κ3) is 6.41. The van der Waals surface area contributed by atoms with E-state index in [2.05, 4.69) is 67.8 Å². The fourth-order valence-corrected chi connectivity index (χ4v) is 1.76. The highest BCUT2D eigenvalue weighted by atomic mass is 14.8. The smallest absolute Gasteiger partial charge is 0.0205 e. The Morgan fingerprint density at radius 1 is 1.33 bits per heavy atom. The van der Waals surface area contributed by atoms with E-state index in [1.54, 1.807) is 0 Å². The summed E-state index contributed by atoms with van der Waals surface area (Å²) in [5, 5.41) is 3.51. The van der Waals surface area contributed by atoms with Crippen LogP contribution in [0.1, 0.15) is 33.1 Å². The van der Waals surface area contributed by atoms with Crippen LogP contribution >= 0.6 is 0 Å². The molecular formula is C17H25N. The maximum absolute atomic E-state index is 3.51. The van der Waals surface area contributed by atoms with Gasteiger partial charge in [0.2, 0.25) is 0 Å². The summed E-state index contributed by atoms with van der Waals surface area (Å²) in [6.45, 7) is 6.30. The zero-order chi connectivity index (χ0) is 13.1. The van der Waals surface area contributed by atoms with Crippen molar-refractivity contribution in [2.24, 2.45) is 0 Å². The zero-order valence-electron chi connectivity index (χ0n) is 11.7. The van der Waals surface area contributed by atoms with E-state index in [1.807, 2.05) is 0 Å². The molecule has 0 saturated heterocycles. The molecule has 1 heteroatoms. The highest BCUT2D eigenvalue weighted by Crippen LogP contribution is 2.05. The van der Waals surface area contributed by atoms with Crippen LogP contribution in [0.25, 0.3) is 0 Å². The first kappa shape index (κ1) is 14.7. The lowest BCUT2D eigenvalue weighted by atomic mass is 10.1. The molecule has 1 rings (SSSR count). The number of hydrogen-bond donors (Lipinski definition) is 1. The topological polar surface area (TPSA) is 12.0 Å². The van der Waals surface area contributed by atoms with E-state index < -0.39 is 0 Å². The maximum atomic E-state index is 3.51. The van der Waals surface area contributed by atoms with Crippen molar-refractivity contribution < 1.29 is 0 Å². The molecule has 18 heavy (non-hydrogen) atoms. The lowest BCUT2D eigenvalue weighted by Gasteiger charge is -2.07. The molecule has 0 fully saturated rings. The summed E-state index contributed by atoms with van der Waals surface area (Å²) < 4.78 is 0. The maximum Gasteiger partial charge on any atom is 0.0205 e. The molecule has 0 unspecified atom stereocenters. The van der Waals surface area contributed by atoms with Crippen molar-refractivity contribution in [2.75, 3.05) is 13.1 Å². The molecule has 0 aromatic heterocycles. The summed E-state index contributed by atoms with van der Waals surface area (Å²) in [5.74, 6) is 0. The molecule has 0 aromatic carbocycles. The normalized spacial score (nSPS) is 16.1. The molecule has 0 bridgehead atoms. The highest BCUT2D eigenvalue weighted by Gasteiger charge is 1.96. The lowest BCUT2D eigenvalue weighted by Crippen LogP contribution is -2.19. The van der Waals surface area contributed by atoms with Crippen LogP contribution in [0.15, 0.2) is 59.8 Å². The quantitative estimate of drug-likeness (QED) is 0.657. The van der Waals surface area contributed by atoms with Crippen LogP contribution in [0.3, 0.4) is 0 Å². The molecule has 0 spiro atoms. The fraction of sp³-hybridized carbons (Fsp3) is 0.412. The zero-order valence-corrected chi connectivity index (χ0v) is 11.7. The number of allylic oxidation sites excluding steroid dienone is 7. The Morgan fingerprint density at radius 3 is 3.00 bits per heavy atom. The van der Waals surface area contributed by atoms with Crippen LogP contribution in [0.2, 0.25) is 0 Å². The van der Waals surface area contributed by atoms with Gasteiger partial charge in [-0.15, -0.1) is 0 Å². The molecular weight excluding hydrogens is 218 g/mol. The molecule has 0 saturated carbocycles. The Hall–Kier alpha value is -1.34. The Kier molecular flexibility index (Phi) is 7.90. The highest BCUT2D eigenvalue weighted by molar-refractivity contribution is 5.27. The van der Waals surface area contributed by atoms with Crippen molar-refractivity contribution in [1.82, 2.24) is 5.32 Å². The van der Waals surface area contributed by atoms with E-state index in [-0.39, 0.29) is 0 Å². The average molecular weight is 243 g/mol. The molecule has 0 radical (unpaired) electrons. The van der Waals surface area contributed by atoms with Gasteiger partial charge >= 0.3 is 0 Å². The second-order valence-corrected chi connectivity index (χ2v) is 4.42. The van der Waals surface area contributed by atoms with E-state index in [9.17, 15) is 0 Å². The van der Waals surface area contributed by atoms with Crippen LogP contribution in [0.4, 0.5) is 0 Å². The van der Waals surface area contributed by atoms with Crippen LogP contribution in [-0.2, 0) is 0 Å². The second kappa shape index (κ2) is 9.67. The van der Waals surface area contributed by atoms with Crippen LogP contribution < -0.4 is 5.32 Å². The Morgan fingerprint density at radius 2 is 2.22 bits per heavy atom. The van der Waals surface area contributed by atoms with Crippen LogP contribution in [0.5, 0.6) is 0 Å². The van der Waals surface area contributed by atoms with Crippen molar-refractivity contribution in [3.8, 4) is 0 Å². The largest absolute Gasteiger partial charge is 0.309 e. The second-order valence-electron chi connectivity index (χ2n) is 4.42. The summed E-state index contributed by atoms with van der Waals surface area (Å²) in [6.07, 6.45) is 20.7. The Labute approximate surface area is 112 Å². The van der Waals surface area contributed by atoms with Gasteiger partial charge in [0.25, 0.3) is 0 Å². The van der Waals surface area contributed by atoms with E-state index >= 15 is 0 Å². The summed E-state index contributed by atoms with van der Waals surface area (Å²) >= 11 is 0. The fourth-order valence-electron chi connectivity index (χ4n) is 1.76. The number of hydrogen-bond acceptors (Lipinski definition) is 1. The minimum atomic E-state index is 0.951. The first-order chi connectivity index (χ1) is 8.86. The molecule has 0 aromatic rings. The first-order valence-electron chi connectivity index (χ1n) is 6.94. The number of nitrogens with one attached hydrogen (secondary N) is 1. The third-order valence-corrected chi connectivity index (χ3v) is 2.91. The molecule has 98 valence electrons. The lowest BCUT2D eigenvalue weighted by molar-refractivity contribution is 0.777. The summed E-state index contributed by atoms with van der Waals surface area (Å²) in [7, 11) is 0. The SMILES string of the molecule is CC/C=C\C=C(/CC)CNCC1=CCC=CC=C1. The Bertz CT molecular complexity index is 367. The molecule has 0 aliphatic heterocycles. The first-order valence-corrected chi connectivity index (χ1v) is 6.94. The summed E-state index contributed by atoms with van der Waals surface area (Å²) in [5.41, 5.74) is 2.83. The molecule has 1 aliphatic rings. The van der Waals surface area contributed by atoms with Gasteiger partial charge in [-0.05, 0) is 24.8 Å². The summed E-state index contributed by atoms with van der Waals surface area (Å²) in [4.78, 5) is 0. The van der Waals surface area contributed by atoms with Crippen LogP contribution in [-0.4, -0.2) is 13.1 Å². The van der Waals surface area contributed by atoms with Gasteiger partial charge < -0.3 is 5.32 Å². The average Bonchev–Trinajstić information content (AvgIpc) is 2.66. The van der Waals surface area contributed by atoms with Crippen LogP contribution in [0, 0.1) is 0 Å². The van der Waals surface area contributed by atoms with Gasteiger partial charge in [-0.2, -0.15) is 0 Å². The molecule has 0 atom stereocenters. The van der Waals surface area contributed by atoms with E-state index in [4.69, 9.17) is 0 Å². The summed E-state index contributed by atoms with van der Waals surface area (Å²) in [6, 6.07) is 0. The van der Waals surface area contributed by atoms with E-state index in [0.29, 0.717) is 0 Å². The van der Waals surface area contributed by atoms with Crippen molar-refractivity contribution in [1.29, 1.82) is 0 Å². The number of rotatable bonds is 7. The van der Waals surface area contributed by atoms with Gasteiger partial charge in [0, 0.05) is 13.1 Å². The van der Waals surface area contributed by atoms with Gasteiger partial charge in [-0.3, -0.25) is 0 Å². The van der Waals surface area contributed by atoms with Crippen molar-refractivity contribution in [3.05, 3.63) is 59.8 Å². The molecule has 1 nitrogen and oxygen atoms in total. The van der Waals surface area contributed by atoms with E-state index in [0.717, 1.165) is 32.4 Å². The van der Waals surface area contributed by atoms with Gasteiger partial charge in [0.15, 0.2) is 0 Å². The molecule has 1 N–H and O–H groups in total. The van der Waals surface area contributed by atoms with Gasteiger partial charge in [0.1, 0.15) is 0 Å². The van der Waals surface area contributed by atoms with Crippen molar-refractivity contribution in [2.45, 2.75) is 33.1 Å². The van der Waals surface area contributed by atoms with Gasteiger partial charge in [-0.25, -0.2) is 0 Å². The standard InChI is InChI=1S/C17H25N/c1-3-5-8-11-16(4-2)14-18-15-17-12-9-6-7-10-13-17/h5-9,11-13,18H,3-4,10,14-15H2,1-2H3/b8-5-,16-11+. The minimum absolute atomic E-state index is 0.951. The minimum Gasteiger partial charge on any atom is -0.309 e. The monoisotopic (exact) mass is 243 g/mol. The van der Waals surface area contributed by atoms with Crippen molar-refractivity contribution >= 4 is 0 Å².